The van der Waals surface area contributed by atoms with Crippen molar-refractivity contribution >= 4 is 5.91 Å². The number of hydrogen-bond donors (Lipinski definition) is 1. The fraction of sp³-hybridized carbons (Fsp3) is 0.611. The second-order valence-electron chi connectivity index (χ2n) is 6.66. The molecule has 1 heterocycles. The van der Waals surface area contributed by atoms with Gasteiger partial charge in [-0.3, -0.25) is 4.79 Å². The molecule has 3 heteroatoms. The minimum absolute atomic E-state index is 0.0553. The van der Waals surface area contributed by atoms with Crippen LogP contribution in [0.1, 0.15) is 61.8 Å². The van der Waals surface area contributed by atoms with Crippen molar-refractivity contribution in [1.29, 1.82) is 0 Å². The molecule has 1 aliphatic carbocycles. The Morgan fingerprint density at radius 2 is 2.00 bits per heavy atom. The number of nitrogens with zero attached hydrogens (tertiary/aromatic N) is 1. The molecule has 1 amide bonds. The second kappa shape index (κ2) is 6.18. The van der Waals surface area contributed by atoms with Crippen molar-refractivity contribution < 1.29 is 4.79 Å². The molecule has 21 heavy (non-hydrogen) atoms. The molecule has 0 saturated heterocycles. The number of rotatable bonds is 2. The van der Waals surface area contributed by atoms with Gasteiger partial charge >= 0.3 is 0 Å². The topological polar surface area (TPSA) is 46.3 Å². The SMILES string of the molecule is CC(N)c1ccc2c(c1)CN(C(=O)C1CCCCC1)CC2. The van der Waals surface area contributed by atoms with E-state index in [1.165, 1.54) is 36.0 Å². The van der Waals surface area contributed by atoms with Gasteiger partial charge in [-0.25, -0.2) is 0 Å². The number of nitrogens with two attached hydrogens (primary N) is 1. The van der Waals surface area contributed by atoms with E-state index in [1.807, 2.05) is 6.92 Å². The van der Waals surface area contributed by atoms with Crippen LogP contribution in [0.4, 0.5) is 0 Å². The molecule has 1 aliphatic heterocycles. The van der Waals surface area contributed by atoms with E-state index in [9.17, 15) is 4.79 Å². The Balaban J connectivity index is 1.73. The van der Waals surface area contributed by atoms with Crippen LogP contribution in [0, 0.1) is 5.92 Å². The lowest BCUT2D eigenvalue weighted by atomic mass is 9.87. The molecule has 0 aromatic heterocycles. The standard InChI is InChI=1S/C18H26N2O/c1-13(19)16-8-7-14-9-10-20(12-17(14)11-16)18(21)15-5-3-2-4-6-15/h7-8,11,13,15H,2-6,9-10,12,19H2,1H3. The molecule has 1 aromatic carbocycles. The molecule has 2 N–H and O–H groups in total. The van der Waals surface area contributed by atoms with E-state index in [0.717, 1.165) is 32.4 Å². The van der Waals surface area contributed by atoms with Gasteiger partial charge in [-0.1, -0.05) is 37.5 Å². The number of benzene rings is 1. The van der Waals surface area contributed by atoms with Gasteiger partial charge in [0.25, 0.3) is 0 Å². The quantitative estimate of drug-likeness (QED) is 0.907. The molecule has 3 nitrogen and oxygen atoms in total. The lowest BCUT2D eigenvalue weighted by Crippen LogP contribution is -2.40. The third-order valence-corrected chi connectivity index (χ3v) is 5.03. The van der Waals surface area contributed by atoms with Crippen molar-refractivity contribution in [2.24, 2.45) is 11.7 Å². The van der Waals surface area contributed by atoms with Gasteiger partial charge in [0.1, 0.15) is 0 Å². The highest BCUT2D eigenvalue weighted by Gasteiger charge is 2.28. The summed E-state index contributed by atoms with van der Waals surface area (Å²) >= 11 is 0. The summed E-state index contributed by atoms with van der Waals surface area (Å²) in [5.41, 5.74) is 9.82. The molecule has 1 atom stereocenters. The maximum atomic E-state index is 12.7. The van der Waals surface area contributed by atoms with Crippen molar-refractivity contribution in [2.45, 2.75) is 58.0 Å². The van der Waals surface area contributed by atoms with Gasteiger partial charge in [0, 0.05) is 25.0 Å². The van der Waals surface area contributed by atoms with Crippen LogP contribution in [0.15, 0.2) is 18.2 Å². The van der Waals surface area contributed by atoms with E-state index < -0.39 is 0 Å². The Bertz CT molecular complexity index is 518. The van der Waals surface area contributed by atoms with E-state index in [4.69, 9.17) is 5.73 Å². The van der Waals surface area contributed by atoms with Crippen LogP contribution in [-0.4, -0.2) is 17.4 Å². The minimum Gasteiger partial charge on any atom is -0.338 e. The first kappa shape index (κ1) is 14.6. The Kier molecular flexibility index (Phi) is 4.29. The molecule has 1 aromatic rings. The minimum atomic E-state index is 0.0553. The summed E-state index contributed by atoms with van der Waals surface area (Å²) in [6.07, 6.45) is 6.88. The molecular formula is C18H26N2O. The van der Waals surface area contributed by atoms with Crippen LogP contribution in [0.5, 0.6) is 0 Å². The van der Waals surface area contributed by atoms with Crippen LogP contribution in [-0.2, 0) is 17.8 Å². The zero-order chi connectivity index (χ0) is 14.8. The Morgan fingerprint density at radius 1 is 1.24 bits per heavy atom. The molecule has 1 unspecified atom stereocenters. The fourth-order valence-corrected chi connectivity index (χ4v) is 3.66. The first-order chi connectivity index (χ1) is 10.1. The maximum absolute atomic E-state index is 12.7. The summed E-state index contributed by atoms with van der Waals surface area (Å²) in [5, 5.41) is 0. The van der Waals surface area contributed by atoms with Gasteiger partial charge in [0.2, 0.25) is 5.91 Å². The Labute approximate surface area is 127 Å². The van der Waals surface area contributed by atoms with E-state index in [1.54, 1.807) is 0 Å². The third-order valence-electron chi connectivity index (χ3n) is 5.03. The molecule has 114 valence electrons. The summed E-state index contributed by atoms with van der Waals surface area (Å²) in [4.78, 5) is 14.8. The lowest BCUT2D eigenvalue weighted by Gasteiger charge is -2.33. The number of carbonyl (C=O) groups is 1. The lowest BCUT2D eigenvalue weighted by molar-refractivity contribution is -0.137. The van der Waals surface area contributed by atoms with Crippen LogP contribution < -0.4 is 5.73 Å². The highest BCUT2D eigenvalue weighted by Crippen LogP contribution is 2.28. The van der Waals surface area contributed by atoms with Crippen molar-refractivity contribution in [3.63, 3.8) is 0 Å². The predicted molar refractivity (Wildman–Crippen MR) is 84.7 cm³/mol. The van der Waals surface area contributed by atoms with Crippen molar-refractivity contribution in [3.8, 4) is 0 Å². The normalized spacial score (nSPS) is 21.0. The van der Waals surface area contributed by atoms with E-state index >= 15 is 0 Å². The summed E-state index contributed by atoms with van der Waals surface area (Å²) in [7, 11) is 0. The summed E-state index contributed by atoms with van der Waals surface area (Å²) in [5.74, 6) is 0.656. The Hall–Kier alpha value is -1.35. The third kappa shape index (κ3) is 3.13. The Morgan fingerprint density at radius 3 is 2.71 bits per heavy atom. The van der Waals surface area contributed by atoms with Gasteiger partial charge in [-0.15, -0.1) is 0 Å². The monoisotopic (exact) mass is 286 g/mol. The highest BCUT2D eigenvalue weighted by atomic mass is 16.2. The fourth-order valence-electron chi connectivity index (χ4n) is 3.66. The summed E-state index contributed by atoms with van der Waals surface area (Å²) < 4.78 is 0. The van der Waals surface area contributed by atoms with E-state index in [0.29, 0.717) is 5.91 Å². The zero-order valence-corrected chi connectivity index (χ0v) is 13.0. The number of carbonyl (C=O) groups excluding carboxylic acids is 1. The molecule has 0 radical (unpaired) electrons. The van der Waals surface area contributed by atoms with Gasteiger partial charge in [-0.2, -0.15) is 0 Å². The van der Waals surface area contributed by atoms with Gasteiger partial charge in [0.15, 0.2) is 0 Å². The predicted octanol–water partition coefficient (Wildman–Crippen LogP) is 3.17. The van der Waals surface area contributed by atoms with Gasteiger partial charge in [-0.05, 0) is 42.9 Å². The first-order valence-electron chi connectivity index (χ1n) is 8.31. The largest absolute Gasteiger partial charge is 0.338 e. The van der Waals surface area contributed by atoms with E-state index in [2.05, 4.69) is 23.1 Å². The van der Waals surface area contributed by atoms with Crippen molar-refractivity contribution in [1.82, 2.24) is 4.90 Å². The smallest absolute Gasteiger partial charge is 0.225 e. The molecule has 1 saturated carbocycles. The van der Waals surface area contributed by atoms with E-state index in [-0.39, 0.29) is 12.0 Å². The second-order valence-corrected chi connectivity index (χ2v) is 6.66. The zero-order valence-electron chi connectivity index (χ0n) is 13.0. The maximum Gasteiger partial charge on any atom is 0.225 e. The molecule has 1 fully saturated rings. The first-order valence-corrected chi connectivity index (χ1v) is 8.31. The summed E-state index contributed by atoms with van der Waals surface area (Å²) in [6.45, 7) is 3.65. The molecule has 0 spiro atoms. The van der Waals surface area contributed by atoms with Crippen molar-refractivity contribution in [2.75, 3.05) is 6.54 Å². The number of fused-ring (bicyclic) bond motifs is 1. The van der Waals surface area contributed by atoms with Crippen LogP contribution in [0.25, 0.3) is 0 Å². The number of amides is 1. The van der Waals surface area contributed by atoms with Gasteiger partial charge < -0.3 is 10.6 Å². The van der Waals surface area contributed by atoms with Crippen LogP contribution in [0.3, 0.4) is 0 Å². The molecular weight excluding hydrogens is 260 g/mol. The van der Waals surface area contributed by atoms with Crippen LogP contribution >= 0.6 is 0 Å². The highest BCUT2D eigenvalue weighted by molar-refractivity contribution is 5.79. The average molecular weight is 286 g/mol. The number of hydrogen-bond acceptors (Lipinski definition) is 2. The average Bonchev–Trinajstić information content (AvgIpc) is 2.54. The van der Waals surface area contributed by atoms with Crippen LogP contribution in [0.2, 0.25) is 0 Å². The summed E-state index contributed by atoms with van der Waals surface area (Å²) in [6, 6.07) is 6.57. The van der Waals surface area contributed by atoms with Gasteiger partial charge in [0.05, 0.1) is 0 Å². The van der Waals surface area contributed by atoms with Crippen molar-refractivity contribution in [3.05, 3.63) is 34.9 Å². The molecule has 2 aliphatic rings. The molecule has 0 bridgehead atoms. The molecule has 3 rings (SSSR count).